The first-order chi connectivity index (χ1) is 9.55. The minimum Gasteiger partial charge on any atom is -0.350 e. The normalized spacial score (nSPS) is 18.1. The lowest BCUT2D eigenvalue weighted by atomic mass is 10.3. The SMILES string of the molecule is O=C(NCCNC(=O)[C@@](F)(Cl)C(F)(F)F)[C@](F)(Cl)C(F)(F)F. The van der Waals surface area contributed by atoms with Gasteiger partial charge in [0.15, 0.2) is 0 Å². The average Bonchev–Trinajstić information content (AvgIpc) is 2.30. The van der Waals surface area contributed by atoms with Crippen LogP contribution in [0.3, 0.4) is 0 Å². The predicted molar refractivity (Wildman–Crippen MR) is 57.5 cm³/mol. The first kappa shape index (κ1) is 21.0. The van der Waals surface area contributed by atoms with Gasteiger partial charge in [0.2, 0.25) is 0 Å². The van der Waals surface area contributed by atoms with Crippen LogP contribution in [-0.4, -0.2) is 47.5 Å². The Morgan fingerprint density at radius 1 is 0.682 bits per heavy atom. The topological polar surface area (TPSA) is 58.2 Å². The summed E-state index contributed by atoms with van der Waals surface area (Å²) in [6.45, 7) is -1.94. The van der Waals surface area contributed by atoms with Gasteiger partial charge in [0.05, 0.1) is 0 Å². The molecule has 0 heterocycles. The summed E-state index contributed by atoms with van der Waals surface area (Å²) < 4.78 is 97.5. The molecule has 22 heavy (non-hydrogen) atoms. The standard InChI is InChI=1S/C8H6Cl2F8N2O2/c9-5(11,7(13,14)15)3(21)19-1-2-20-4(22)6(10,12)8(16,17)18/h1-2H2,(H,19,21)(H,20,22)/t5-,6+. The van der Waals surface area contributed by atoms with E-state index in [2.05, 4.69) is 23.2 Å². The van der Waals surface area contributed by atoms with Gasteiger partial charge < -0.3 is 10.6 Å². The van der Waals surface area contributed by atoms with Gasteiger partial charge >= 0.3 is 22.6 Å². The number of carbonyl (C=O) groups excluding carboxylic acids is 2. The van der Waals surface area contributed by atoms with Gasteiger partial charge in [-0.2, -0.15) is 26.3 Å². The Kier molecular flexibility index (Phi) is 6.29. The highest BCUT2D eigenvalue weighted by molar-refractivity contribution is 6.34. The zero-order chi connectivity index (χ0) is 18.0. The van der Waals surface area contributed by atoms with Crippen LogP contribution < -0.4 is 10.6 Å². The van der Waals surface area contributed by atoms with Gasteiger partial charge in [-0.05, 0) is 0 Å². The van der Waals surface area contributed by atoms with E-state index < -0.39 is 47.5 Å². The summed E-state index contributed by atoms with van der Waals surface area (Å²) in [4.78, 5) is 21.6. The Labute approximate surface area is 127 Å². The molecule has 0 aliphatic rings. The summed E-state index contributed by atoms with van der Waals surface area (Å²) >= 11 is 8.63. The molecule has 130 valence electrons. The third-order valence-electron chi connectivity index (χ3n) is 1.98. The van der Waals surface area contributed by atoms with E-state index in [9.17, 15) is 44.7 Å². The molecule has 0 fully saturated rings. The van der Waals surface area contributed by atoms with Gasteiger partial charge in [-0.25, -0.2) is 8.78 Å². The number of amides is 2. The second kappa shape index (κ2) is 6.60. The molecule has 0 aromatic rings. The number of hydrogen-bond acceptors (Lipinski definition) is 2. The minimum atomic E-state index is -5.75. The molecule has 2 amide bonds. The summed E-state index contributed by atoms with van der Waals surface area (Å²) in [6.07, 6.45) is -11.5. The van der Waals surface area contributed by atoms with Gasteiger partial charge in [0.25, 0.3) is 11.8 Å². The average molecular weight is 385 g/mol. The Balaban J connectivity index is 4.42. The smallest absolute Gasteiger partial charge is 0.350 e. The van der Waals surface area contributed by atoms with Crippen molar-refractivity contribution in [2.75, 3.05) is 13.1 Å². The Morgan fingerprint density at radius 2 is 0.909 bits per heavy atom. The molecule has 0 rings (SSSR count). The van der Waals surface area contributed by atoms with Crippen LogP contribution in [0, 0.1) is 0 Å². The van der Waals surface area contributed by atoms with Crippen LogP contribution in [-0.2, 0) is 9.59 Å². The number of rotatable bonds is 5. The summed E-state index contributed by atoms with van der Waals surface area (Å²) in [5.74, 6) is -4.71. The molecule has 0 saturated heterocycles. The van der Waals surface area contributed by atoms with Crippen molar-refractivity contribution in [2.45, 2.75) is 22.6 Å². The number of carbonyl (C=O) groups is 2. The number of alkyl halides is 10. The van der Waals surface area contributed by atoms with Gasteiger partial charge in [-0.1, -0.05) is 23.2 Å². The first-order valence-electron chi connectivity index (χ1n) is 5.01. The third-order valence-corrected chi connectivity index (χ3v) is 2.75. The van der Waals surface area contributed by atoms with E-state index in [1.165, 1.54) is 10.6 Å². The molecule has 0 aromatic heterocycles. The molecule has 0 aromatic carbocycles. The maximum Gasteiger partial charge on any atom is 0.446 e. The highest BCUT2D eigenvalue weighted by Crippen LogP contribution is 2.38. The van der Waals surface area contributed by atoms with Crippen molar-refractivity contribution in [2.24, 2.45) is 0 Å². The molecular weight excluding hydrogens is 379 g/mol. The van der Waals surface area contributed by atoms with Gasteiger partial charge in [0.1, 0.15) is 0 Å². The van der Waals surface area contributed by atoms with Gasteiger partial charge in [0, 0.05) is 13.1 Å². The van der Waals surface area contributed by atoms with Crippen molar-refractivity contribution in [3.8, 4) is 0 Å². The third kappa shape index (κ3) is 4.73. The van der Waals surface area contributed by atoms with E-state index in [4.69, 9.17) is 0 Å². The Hall–Kier alpha value is -1.04. The molecule has 14 heteroatoms. The van der Waals surface area contributed by atoms with Crippen molar-refractivity contribution in [3.05, 3.63) is 0 Å². The van der Waals surface area contributed by atoms with Gasteiger partial charge in [-0.15, -0.1) is 0 Å². The molecule has 0 aliphatic carbocycles. The van der Waals surface area contributed by atoms with Crippen molar-refractivity contribution in [3.63, 3.8) is 0 Å². The zero-order valence-corrected chi connectivity index (χ0v) is 11.5. The van der Waals surface area contributed by atoms with Crippen LogP contribution in [0.2, 0.25) is 0 Å². The van der Waals surface area contributed by atoms with Crippen LogP contribution in [0.25, 0.3) is 0 Å². The second-order valence-electron chi connectivity index (χ2n) is 3.66. The fourth-order valence-corrected chi connectivity index (χ4v) is 0.965. The number of nitrogens with one attached hydrogen (secondary N) is 2. The number of halogens is 10. The highest BCUT2D eigenvalue weighted by Gasteiger charge is 2.61. The van der Waals surface area contributed by atoms with Crippen LogP contribution in [0.5, 0.6) is 0 Å². The van der Waals surface area contributed by atoms with Crippen LogP contribution >= 0.6 is 23.2 Å². The van der Waals surface area contributed by atoms with Gasteiger partial charge in [-0.3, -0.25) is 9.59 Å². The van der Waals surface area contributed by atoms with Crippen molar-refractivity contribution >= 4 is 35.0 Å². The lowest BCUT2D eigenvalue weighted by Crippen LogP contribution is -2.53. The lowest BCUT2D eigenvalue weighted by Gasteiger charge is -2.21. The Morgan fingerprint density at radius 3 is 1.09 bits per heavy atom. The number of hydrogen-bond donors (Lipinski definition) is 2. The molecule has 2 atom stereocenters. The molecule has 0 radical (unpaired) electrons. The molecule has 0 aliphatic heterocycles. The first-order valence-corrected chi connectivity index (χ1v) is 5.76. The zero-order valence-electron chi connectivity index (χ0n) is 10.0. The van der Waals surface area contributed by atoms with Crippen LogP contribution in [0.1, 0.15) is 0 Å². The molecule has 0 spiro atoms. The molecule has 0 saturated carbocycles. The fourth-order valence-electron chi connectivity index (χ4n) is 0.832. The lowest BCUT2D eigenvalue weighted by molar-refractivity contribution is -0.202. The van der Waals surface area contributed by atoms with E-state index in [0.717, 1.165) is 0 Å². The molecular formula is C8H6Cl2F8N2O2. The highest BCUT2D eigenvalue weighted by atomic mass is 35.5. The second-order valence-corrected chi connectivity index (χ2v) is 4.70. The van der Waals surface area contributed by atoms with Crippen LogP contribution in [0.4, 0.5) is 35.1 Å². The largest absolute Gasteiger partial charge is 0.446 e. The summed E-state index contributed by atoms with van der Waals surface area (Å²) in [7, 11) is 0. The molecule has 0 unspecified atom stereocenters. The fraction of sp³-hybridized carbons (Fsp3) is 0.750. The molecule has 4 nitrogen and oxygen atoms in total. The van der Waals surface area contributed by atoms with E-state index >= 15 is 0 Å². The quantitative estimate of drug-likeness (QED) is 0.433. The van der Waals surface area contributed by atoms with Crippen molar-refractivity contribution in [1.29, 1.82) is 0 Å². The summed E-state index contributed by atoms with van der Waals surface area (Å²) in [5.41, 5.74) is 0. The minimum absolute atomic E-state index is 0.968. The Bertz CT molecular complexity index is 395. The van der Waals surface area contributed by atoms with E-state index in [0.29, 0.717) is 0 Å². The molecule has 0 bridgehead atoms. The van der Waals surface area contributed by atoms with E-state index in [1.54, 1.807) is 0 Å². The predicted octanol–water partition coefficient (Wildman–Crippen LogP) is 2.15. The monoisotopic (exact) mass is 384 g/mol. The molecule has 2 N–H and O–H groups in total. The van der Waals surface area contributed by atoms with Crippen molar-refractivity contribution < 1.29 is 44.7 Å². The summed E-state index contributed by atoms with van der Waals surface area (Å²) in [5, 5.41) is -7.03. The maximum absolute atomic E-state index is 12.8. The van der Waals surface area contributed by atoms with E-state index in [1.807, 2.05) is 0 Å². The maximum atomic E-state index is 12.8. The summed E-state index contributed by atoms with van der Waals surface area (Å²) in [6, 6.07) is 0. The van der Waals surface area contributed by atoms with Crippen LogP contribution in [0.15, 0.2) is 0 Å². The van der Waals surface area contributed by atoms with E-state index in [-0.39, 0.29) is 0 Å². The van der Waals surface area contributed by atoms with Crippen molar-refractivity contribution in [1.82, 2.24) is 10.6 Å².